The van der Waals surface area contributed by atoms with Crippen LogP contribution in [-0.2, 0) is 20.7 Å². The van der Waals surface area contributed by atoms with E-state index in [0.29, 0.717) is 36.3 Å². The van der Waals surface area contributed by atoms with Crippen molar-refractivity contribution in [2.24, 2.45) is 0 Å². The lowest BCUT2D eigenvalue weighted by Gasteiger charge is -2.32. The van der Waals surface area contributed by atoms with Gasteiger partial charge >= 0.3 is 5.97 Å². The monoisotopic (exact) mass is 334 g/mol. The van der Waals surface area contributed by atoms with E-state index in [1.807, 2.05) is 0 Å². The highest BCUT2D eigenvalue weighted by Crippen LogP contribution is 2.22. The normalized spacial score (nSPS) is 17.9. The third kappa shape index (κ3) is 3.65. The molecule has 8 heteroatoms. The Morgan fingerprint density at radius 2 is 2.29 bits per heavy atom. The van der Waals surface area contributed by atoms with E-state index in [4.69, 9.17) is 18.7 Å². The summed E-state index contributed by atoms with van der Waals surface area (Å²) < 4.78 is 16.2. The molecule has 128 valence electrons. The Bertz CT molecular complexity index is 721. The zero-order valence-electron chi connectivity index (χ0n) is 13.2. The molecule has 0 spiro atoms. The Hall–Kier alpha value is -2.61. The number of carboxylic acid groups (broad SMARTS) is 1. The molecule has 2 aromatic rings. The fourth-order valence-corrected chi connectivity index (χ4v) is 2.62. The fraction of sp³-hybridized carbons (Fsp3) is 0.438. The third-order valence-electron chi connectivity index (χ3n) is 3.84. The number of carboxylic acids is 1. The van der Waals surface area contributed by atoms with Crippen LogP contribution in [0.2, 0.25) is 0 Å². The van der Waals surface area contributed by atoms with Crippen LogP contribution >= 0.6 is 0 Å². The van der Waals surface area contributed by atoms with Crippen LogP contribution in [0.15, 0.2) is 27.2 Å². The molecule has 1 aliphatic heterocycles. The molecular formula is C16H18N2O6. The van der Waals surface area contributed by atoms with Crippen LogP contribution in [0.25, 0.3) is 11.7 Å². The van der Waals surface area contributed by atoms with Crippen LogP contribution in [0.1, 0.15) is 17.9 Å². The second kappa shape index (κ2) is 6.88. The number of oxazole rings is 1. The molecule has 8 nitrogen and oxygen atoms in total. The van der Waals surface area contributed by atoms with Gasteiger partial charge in [0, 0.05) is 13.1 Å². The molecule has 1 N–H and O–H groups in total. The van der Waals surface area contributed by atoms with Gasteiger partial charge in [-0.25, -0.2) is 4.98 Å². The zero-order valence-corrected chi connectivity index (χ0v) is 13.2. The highest BCUT2D eigenvalue weighted by Gasteiger charge is 2.27. The summed E-state index contributed by atoms with van der Waals surface area (Å²) in [5, 5.41) is 8.84. The fourth-order valence-electron chi connectivity index (χ4n) is 2.62. The van der Waals surface area contributed by atoms with Gasteiger partial charge < -0.3 is 23.6 Å². The van der Waals surface area contributed by atoms with E-state index >= 15 is 0 Å². The average Bonchev–Trinajstić information content (AvgIpc) is 3.17. The van der Waals surface area contributed by atoms with Crippen molar-refractivity contribution in [3.8, 4) is 11.7 Å². The summed E-state index contributed by atoms with van der Waals surface area (Å²) in [7, 11) is 0. The minimum Gasteiger partial charge on any atom is -0.481 e. The van der Waals surface area contributed by atoms with Gasteiger partial charge in [0.05, 0.1) is 37.5 Å². The maximum atomic E-state index is 12.5. The predicted molar refractivity (Wildman–Crippen MR) is 81.2 cm³/mol. The number of hydrogen-bond donors (Lipinski definition) is 1. The molecule has 0 radical (unpaired) electrons. The van der Waals surface area contributed by atoms with Crippen LogP contribution in [0.5, 0.6) is 0 Å². The van der Waals surface area contributed by atoms with E-state index in [0.717, 1.165) is 0 Å². The van der Waals surface area contributed by atoms with Gasteiger partial charge in [-0.05, 0) is 19.1 Å². The maximum absolute atomic E-state index is 12.5. The van der Waals surface area contributed by atoms with Crippen LogP contribution < -0.4 is 0 Å². The van der Waals surface area contributed by atoms with Gasteiger partial charge in [0.1, 0.15) is 5.76 Å². The van der Waals surface area contributed by atoms with E-state index < -0.39 is 12.1 Å². The average molecular weight is 334 g/mol. The standard InChI is InChI=1S/C16H18N2O6/c1-10-12(17-16(24-10)13-3-2-5-23-13)8-14(19)18-4-6-22-11(9-18)7-15(20)21/h2-3,5,11H,4,6-9H2,1H3,(H,20,21)/t11-/m0/s1. The number of rotatable bonds is 5. The number of morpholine rings is 1. The van der Waals surface area contributed by atoms with Gasteiger partial charge in [0.15, 0.2) is 5.76 Å². The van der Waals surface area contributed by atoms with Crippen LogP contribution in [-0.4, -0.2) is 52.7 Å². The first kappa shape index (κ1) is 16.3. The molecule has 0 aromatic carbocycles. The number of amides is 1. The summed E-state index contributed by atoms with van der Waals surface area (Å²) in [6, 6.07) is 3.46. The van der Waals surface area contributed by atoms with Gasteiger partial charge in [-0.1, -0.05) is 0 Å². The predicted octanol–water partition coefficient (Wildman–Crippen LogP) is 1.49. The second-order valence-corrected chi connectivity index (χ2v) is 5.61. The van der Waals surface area contributed by atoms with Gasteiger partial charge in [-0.15, -0.1) is 0 Å². The molecule has 1 saturated heterocycles. The van der Waals surface area contributed by atoms with Crippen molar-refractivity contribution >= 4 is 11.9 Å². The lowest BCUT2D eigenvalue weighted by Crippen LogP contribution is -2.46. The van der Waals surface area contributed by atoms with Gasteiger partial charge in [-0.2, -0.15) is 0 Å². The quantitative estimate of drug-likeness (QED) is 0.883. The molecule has 0 unspecified atom stereocenters. The Morgan fingerprint density at radius 3 is 3.00 bits per heavy atom. The summed E-state index contributed by atoms with van der Waals surface area (Å²) in [5.74, 6) is 0.335. The van der Waals surface area contributed by atoms with E-state index in [1.54, 1.807) is 24.0 Å². The Balaban J connectivity index is 1.65. The number of carbonyl (C=O) groups excluding carboxylic acids is 1. The number of aryl methyl sites for hydroxylation is 1. The van der Waals surface area contributed by atoms with Crippen LogP contribution in [0.3, 0.4) is 0 Å². The van der Waals surface area contributed by atoms with E-state index in [9.17, 15) is 9.59 Å². The smallest absolute Gasteiger partial charge is 0.306 e. The van der Waals surface area contributed by atoms with Crippen LogP contribution in [0, 0.1) is 6.92 Å². The maximum Gasteiger partial charge on any atom is 0.306 e. The number of furan rings is 1. The SMILES string of the molecule is Cc1oc(-c2ccco2)nc1CC(=O)N1CCO[C@@H](CC(=O)O)C1. The highest BCUT2D eigenvalue weighted by atomic mass is 16.5. The lowest BCUT2D eigenvalue weighted by atomic mass is 10.2. The Morgan fingerprint density at radius 1 is 1.46 bits per heavy atom. The number of carbonyl (C=O) groups is 2. The third-order valence-corrected chi connectivity index (χ3v) is 3.84. The lowest BCUT2D eigenvalue weighted by molar-refractivity contribution is -0.147. The van der Waals surface area contributed by atoms with E-state index in [1.165, 1.54) is 6.26 Å². The van der Waals surface area contributed by atoms with Crippen molar-refractivity contribution in [3.63, 3.8) is 0 Å². The topological polar surface area (TPSA) is 106 Å². The molecule has 3 rings (SSSR count). The number of hydrogen-bond acceptors (Lipinski definition) is 6. The molecule has 3 heterocycles. The summed E-state index contributed by atoms with van der Waals surface area (Å²) in [6.07, 6.45) is 1.03. The van der Waals surface area contributed by atoms with Crippen molar-refractivity contribution in [2.75, 3.05) is 19.7 Å². The molecule has 1 aliphatic rings. The van der Waals surface area contributed by atoms with E-state index in [2.05, 4.69) is 4.98 Å². The second-order valence-electron chi connectivity index (χ2n) is 5.61. The van der Waals surface area contributed by atoms with Gasteiger partial charge in [0.25, 0.3) is 5.89 Å². The first-order chi connectivity index (χ1) is 11.5. The molecule has 2 aromatic heterocycles. The minimum atomic E-state index is -0.940. The summed E-state index contributed by atoms with van der Waals surface area (Å²) in [5.41, 5.74) is 0.549. The number of nitrogens with zero attached hydrogens (tertiary/aromatic N) is 2. The largest absolute Gasteiger partial charge is 0.481 e. The van der Waals surface area contributed by atoms with Crippen LogP contribution in [0.4, 0.5) is 0 Å². The molecule has 1 fully saturated rings. The van der Waals surface area contributed by atoms with Crippen molar-refractivity contribution in [1.29, 1.82) is 0 Å². The summed E-state index contributed by atoms with van der Waals surface area (Å²) >= 11 is 0. The van der Waals surface area contributed by atoms with Crippen molar-refractivity contribution in [3.05, 3.63) is 29.9 Å². The Labute approximate surface area is 138 Å². The summed E-state index contributed by atoms with van der Waals surface area (Å²) in [6.45, 7) is 2.79. The number of aromatic nitrogens is 1. The molecule has 1 atom stereocenters. The number of aliphatic carboxylic acids is 1. The zero-order chi connectivity index (χ0) is 17.1. The number of ether oxygens (including phenoxy) is 1. The Kier molecular flexibility index (Phi) is 4.66. The molecule has 0 bridgehead atoms. The van der Waals surface area contributed by atoms with Gasteiger partial charge in [-0.3, -0.25) is 9.59 Å². The van der Waals surface area contributed by atoms with Crippen molar-refractivity contribution in [1.82, 2.24) is 9.88 Å². The molecule has 1 amide bonds. The molecule has 0 saturated carbocycles. The first-order valence-electron chi connectivity index (χ1n) is 7.64. The molecule has 24 heavy (non-hydrogen) atoms. The molecule has 0 aliphatic carbocycles. The summed E-state index contributed by atoms with van der Waals surface area (Å²) in [4.78, 5) is 29.2. The highest BCUT2D eigenvalue weighted by molar-refractivity contribution is 5.79. The van der Waals surface area contributed by atoms with Crippen molar-refractivity contribution in [2.45, 2.75) is 25.9 Å². The van der Waals surface area contributed by atoms with Crippen molar-refractivity contribution < 1.29 is 28.3 Å². The first-order valence-corrected chi connectivity index (χ1v) is 7.64. The molecular weight excluding hydrogens is 316 g/mol. The van der Waals surface area contributed by atoms with Gasteiger partial charge in [0.2, 0.25) is 5.91 Å². The van der Waals surface area contributed by atoms with E-state index in [-0.39, 0.29) is 25.3 Å². The minimum absolute atomic E-state index is 0.0931.